The molecular formula is C11H10N6O3. The zero-order chi connectivity index (χ0) is 14.3. The number of para-hydroxylation sites is 1. The van der Waals surface area contributed by atoms with Crippen molar-refractivity contribution in [2.24, 2.45) is 0 Å². The first-order valence-electron chi connectivity index (χ1n) is 5.85. The number of non-ortho nitro benzene ring substituents is 1. The molecular weight excluding hydrogens is 264 g/mol. The van der Waals surface area contributed by atoms with E-state index in [1.54, 1.807) is 16.7 Å². The molecule has 0 saturated carbocycles. The predicted molar refractivity (Wildman–Crippen MR) is 69.8 cm³/mol. The van der Waals surface area contributed by atoms with Crippen molar-refractivity contribution in [1.29, 1.82) is 0 Å². The number of aromatic nitrogens is 4. The van der Waals surface area contributed by atoms with E-state index < -0.39 is 4.92 Å². The summed E-state index contributed by atoms with van der Waals surface area (Å²) in [5, 5.41) is 18.3. The van der Waals surface area contributed by atoms with Crippen LogP contribution in [0.4, 0.5) is 11.5 Å². The van der Waals surface area contributed by atoms with E-state index in [1.165, 1.54) is 6.07 Å². The van der Waals surface area contributed by atoms with Gasteiger partial charge in [-0.3, -0.25) is 10.1 Å². The Bertz CT molecular complexity index is 806. The molecule has 0 amide bonds. The van der Waals surface area contributed by atoms with Crippen molar-refractivity contribution in [3.05, 3.63) is 28.3 Å². The first kappa shape index (κ1) is 12.1. The number of benzene rings is 1. The standard InChI is InChI=1S/C11H10N6O3/c1-2-16-6-4-3-5-7(17(18)19)8(6)13-11(16)9-10(12)15-20-14-9/h3-5H,2H2,1H3,(H2,12,15). The van der Waals surface area contributed by atoms with Crippen LogP contribution in [0, 0.1) is 10.1 Å². The lowest BCUT2D eigenvalue weighted by Crippen LogP contribution is -1.99. The maximum absolute atomic E-state index is 11.1. The second-order valence-corrected chi connectivity index (χ2v) is 4.08. The molecule has 20 heavy (non-hydrogen) atoms. The number of anilines is 1. The molecule has 0 bridgehead atoms. The molecule has 0 aliphatic rings. The Morgan fingerprint density at radius 3 is 2.85 bits per heavy atom. The van der Waals surface area contributed by atoms with E-state index in [0.29, 0.717) is 17.9 Å². The smallest absolute Gasteiger partial charge is 0.297 e. The molecule has 2 N–H and O–H groups in total. The number of nitro benzene ring substituents is 1. The molecule has 0 aliphatic heterocycles. The molecule has 0 fully saturated rings. The summed E-state index contributed by atoms with van der Waals surface area (Å²) in [4.78, 5) is 14.9. The van der Waals surface area contributed by atoms with Crippen molar-refractivity contribution in [1.82, 2.24) is 19.9 Å². The summed E-state index contributed by atoms with van der Waals surface area (Å²) in [6, 6.07) is 4.78. The Balaban J connectivity index is 2.37. The average molecular weight is 274 g/mol. The minimum absolute atomic E-state index is 0.0639. The van der Waals surface area contributed by atoms with Crippen LogP contribution in [0.3, 0.4) is 0 Å². The molecule has 0 radical (unpaired) electrons. The molecule has 3 rings (SSSR count). The van der Waals surface area contributed by atoms with Gasteiger partial charge in [-0.1, -0.05) is 6.07 Å². The number of hydrogen-bond acceptors (Lipinski definition) is 7. The number of nitrogen functional groups attached to an aromatic ring is 1. The number of nitrogens with two attached hydrogens (primary N) is 1. The summed E-state index contributed by atoms with van der Waals surface area (Å²) in [6.45, 7) is 2.45. The monoisotopic (exact) mass is 274 g/mol. The zero-order valence-corrected chi connectivity index (χ0v) is 10.5. The fraction of sp³-hybridized carbons (Fsp3) is 0.182. The van der Waals surface area contributed by atoms with Crippen LogP contribution in [0.25, 0.3) is 22.6 Å². The highest BCUT2D eigenvalue weighted by Crippen LogP contribution is 2.31. The summed E-state index contributed by atoms with van der Waals surface area (Å²) >= 11 is 0. The highest BCUT2D eigenvalue weighted by atomic mass is 16.6. The van der Waals surface area contributed by atoms with Gasteiger partial charge < -0.3 is 10.3 Å². The Hall–Kier alpha value is -2.97. The molecule has 1 aromatic carbocycles. The molecule has 0 atom stereocenters. The summed E-state index contributed by atoms with van der Waals surface area (Å²) in [5.41, 5.74) is 6.80. The van der Waals surface area contributed by atoms with Crippen molar-refractivity contribution >= 4 is 22.5 Å². The van der Waals surface area contributed by atoms with Crippen LogP contribution in [-0.4, -0.2) is 24.8 Å². The summed E-state index contributed by atoms with van der Waals surface area (Å²) in [7, 11) is 0. The lowest BCUT2D eigenvalue weighted by atomic mass is 10.2. The van der Waals surface area contributed by atoms with Crippen molar-refractivity contribution in [3.8, 4) is 11.5 Å². The number of nitro groups is 1. The fourth-order valence-electron chi connectivity index (χ4n) is 2.13. The molecule has 0 aliphatic carbocycles. The Kier molecular flexibility index (Phi) is 2.60. The number of hydrogen-bond donors (Lipinski definition) is 1. The minimum Gasteiger partial charge on any atom is -0.379 e. The van der Waals surface area contributed by atoms with Gasteiger partial charge in [0.25, 0.3) is 5.69 Å². The van der Waals surface area contributed by atoms with E-state index in [2.05, 4.69) is 19.9 Å². The average Bonchev–Trinajstić information content (AvgIpc) is 3.00. The first-order valence-corrected chi connectivity index (χ1v) is 5.85. The van der Waals surface area contributed by atoms with Crippen molar-refractivity contribution in [2.45, 2.75) is 13.5 Å². The maximum Gasteiger partial charge on any atom is 0.297 e. The molecule has 0 saturated heterocycles. The lowest BCUT2D eigenvalue weighted by Gasteiger charge is -2.02. The van der Waals surface area contributed by atoms with Crippen molar-refractivity contribution in [3.63, 3.8) is 0 Å². The highest BCUT2D eigenvalue weighted by Gasteiger charge is 2.23. The molecule has 9 heteroatoms. The Morgan fingerprint density at radius 1 is 1.45 bits per heavy atom. The molecule has 102 valence electrons. The van der Waals surface area contributed by atoms with Crippen LogP contribution in [0.15, 0.2) is 22.8 Å². The van der Waals surface area contributed by atoms with Gasteiger partial charge in [0.05, 0.1) is 10.4 Å². The van der Waals surface area contributed by atoms with Crippen LogP contribution < -0.4 is 5.73 Å². The van der Waals surface area contributed by atoms with Crippen molar-refractivity contribution in [2.75, 3.05) is 5.73 Å². The quantitative estimate of drug-likeness (QED) is 0.567. The van der Waals surface area contributed by atoms with E-state index in [-0.39, 0.29) is 22.7 Å². The van der Waals surface area contributed by atoms with Gasteiger partial charge in [-0.2, -0.15) is 0 Å². The van der Waals surface area contributed by atoms with Gasteiger partial charge in [-0.25, -0.2) is 9.61 Å². The van der Waals surface area contributed by atoms with Crippen LogP contribution in [0.5, 0.6) is 0 Å². The SMILES string of the molecule is CCn1c(-c2nonc2N)nc2c([N+](=O)[O-])cccc21. The number of fused-ring (bicyclic) bond motifs is 1. The number of nitrogens with zero attached hydrogens (tertiary/aromatic N) is 5. The third-order valence-electron chi connectivity index (χ3n) is 3.00. The molecule has 3 aromatic rings. The Morgan fingerprint density at radius 2 is 2.25 bits per heavy atom. The van der Waals surface area contributed by atoms with E-state index in [9.17, 15) is 10.1 Å². The van der Waals surface area contributed by atoms with Crippen molar-refractivity contribution < 1.29 is 9.55 Å². The number of imidazole rings is 1. The molecule has 9 nitrogen and oxygen atoms in total. The molecule has 2 aromatic heterocycles. The van der Waals surface area contributed by atoms with E-state index in [0.717, 1.165) is 0 Å². The van der Waals surface area contributed by atoms with Gasteiger partial charge >= 0.3 is 0 Å². The van der Waals surface area contributed by atoms with E-state index >= 15 is 0 Å². The zero-order valence-electron chi connectivity index (χ0n) is 10.5. The summed E-state index contributed by atoms with van der Waals surface area (Å²) < 4.78 is 6.34. The first-order chi connectivity index (χ1) is 9.63. The van der Waals surface area contributed by atoms with Crippen LogP contribution in [0.2, 0.25) is 0 Å². The van der Waals surface area contributed by atoms with Gasteiger partial charge in [0.2, 0.25) is 0 Å². The molecule has 0 spiro atoms. The van der Waals surface area contributed by atoms with E-state index in [4.69, 9.17) is 5.73 Å². The largest absolute Gasteiger partial charge is 0.379 e. The van der Waals surface area contributed by atoms with Crippen LogP contribution in [0.1, 0.15) is 6.92 Å². The van der Waals surface area contributed by atoms with Crippen LogP contribution in [-0.2, 0) is 6.54 Å². The second-order valence-electron chi connectivity index (χ2n) is 4.08. The lowest BCUT2D eigenvalue weighted by molar-refractivity contribution is -0.383. The molecule has 0 unspecified atom stereocenters. The second kappa shape index (κ2) is 4.30. The Labute approximate surface area is 112 Å². The highest BCUT2D eigenvalue weighted by molar-refractivity contribution is 5.88. The van der Waals surface area contributed by atoms with E-state index in [1.807, 2.05) is 6.92 Å². The van der Waals surface area contributed by atoms with Gasteiger partial charge in [0.15, 0.2) is 22.9 Å². The third kappa shape index (κ3) is 1.60. The summed E-state index contributed by atoms with van der Waals surface area (Å²) in [5.74, 6) is 0.494. The summed E-state index contributed by atoms with van der Waals surface area (Å²) in [6.07, 6.45) is 0. The van der Waals surface area contributed by atoms with Gasteiger partial charge in [-0.15, -0.1) is 0 Å². The fourth-order valence-corrected chi connectivity index (χ4v) is 2.13. The maximum atomic E-state index is 11.1. The molecule has 2 heterocycles. The van der Waals surface area contributed by atoms with Crippen LogP contribution >= 0.6 is 0 Å². The third-order valence-corrected chi connectivity index (χ3v) is 3.00. The van der Waals surface area contributed by atoms with Gasteiger partial charge in [-0.05, 0) is 23.3 Å². The predicted octanol–water partition coefficient (Wildman–Crippen LogP) is 1.60. The number of rotatable bonds is 3. The van der Waals surface area contributed by atoms with Gasteiger partial charge in [0, 0.05) is 12.6 Å². The normalized spacial score (nSPS) is 11.1. The van der Waals surface area contributed by atoms with Gasteiger partial charge in [0.1, 0.15) is 0 Å². The minimum atomic E-state index is -0.469. The number of aryl methyl sites for hydroxylation is 1. The topological polar surface area (TPSA) is 126 Å².